The predicted octanol–water partition coefficient (Wildman–Crippen LogP) is 3.96. The van der Waals surface area contributed by atoms with Gasteiger partial charge >= 0.3 is 0 Å². The number of rotatable bonds is 5. The van der Waals surface area contributed by atoms with Gasteiger partial charge in [0.2, 0.25) is 0 Å². The molecule has 1 heterocycles. The van der Waals surface area contributed by atoms with Crippen molar-refractivity contribution < 1.29 is 4.79 Å². The number of benzene rings is 2. The molecule has 0 spiro atoms. The SMILES string of the molecule is CCc1ccc(CC(=O)CC2CNc3ccccc32)cc1. The average Bonchev–Trinajstić information content (AvgIpc) is 2.91. The van der Waals surface area contributed by atoms with Crippen LogP contribution in [-0.4, -0.2) is 12.3 Å². The first-order chi connectivity index (χ1) is 10.3. The fourth-order valence-electron chi connectivity index (χ4n) is 3.01. The molecule has 0 radical (unpaired) electrons. The molecule has 0 fully saturated rings. The van der Waals surface area contributed by atoms with E-state index in [1.54, 1.807) is 0 Å². The number of nitrogens with one attached hydrogen (secondary N) is 1. The van der Waals surface area contributed by atoms with Crippen LogP contribution in [-0.2, 0) is 17.6 Å². The van der Waals surface area contributed by atoms with Crippen molar-refractivity contribution >= 4 is 11.5 Å². The molecule has 2 nitrogen and oxygen atoms in total. The van der Waals surface area contributed by atoms with Crippen LogP contribution in [0.2, 0.25) is 0 Å². The second kappa shape index (κ2) is 6.13. The number of anilines is 1. The highest BCUT2D eigenvalue weighted by atomic mass is 16.1. The van der Waals surface area contributed by atoms with Gasteiger partial charge in [-0.05, 0) is 29.2 Å². The number of ketones is 1. The van der Waals surface area contributed by atoms with Crippen LogP contribution in [0.5, 0.6) is 0 Å². The monoisotopic (exact) mass is 279 g/mol. The molecule has 1 N–H and O–H groups in total. The van der Waals surface area contributed by atoms with E-state index in [0.29, 0.717) is 24.5 Å². The summed E-state index contributed by atoms with van der Waals surface area (Å²) >= 11 is 0. The van der Waals surface area contributed by atoms with Crippen molar-refractivity contribution in [1.82, 2.24) is 0 Å². The number of aryl methyl sites for hydroxylation is 1. The fourth-order valence-corrected chi connectivity index (χ4v) is 3.01. The lowest BCUT2D eigenvalue weighted by molar-refractivity contribution is -0.118. The number of carbonyl (C=O) groups is 1. The molecule has 21 heavy (non-hydrogen) atoms. The molecule has 3 rings (SSSR count). The smallest absolute Gasteiger partial charge is 0.137 e. The Labute approximate surface area is 126 Å². The lowest BCUT2D eigenvalue weighted by Crippen LogP contribution is -2.11. The summed E-state index contributed by atoms with van der Waals surface area (Å²) in [7, 11) is 0. The third-order valence-electron chi connectivity index (χ3n) is 4.25. The zero-order chi connectivity index (χ0) is 14.7. The summed E-state index contributed by atoms with van der Waals surface area (Å²) < 4.78 is 0. The van der Waals surface area contributed by atoms with Crippen LogP contribution in [0.1, 0.15) is 36.0 Å². The molecule has 0 bridgehead atoms. The first kappa shape index (κ1) is 13.9. The molecule has 0 aliphatic carbocycles. The van der Waals surface area contributed by atoms with Gasteiger partial charge in [0.15, 0.2) is 0 Å². The minimum atomic E-state index is 0.322. The molecular formula is C19H21NO. The Hall–Kier alpha value is -2.09. The average molecular weight is 279 g/mol. The molecule has 2 heteroatoms. The van der Waals surface area contributed by atoms with Gasteiger partial charge < -0.3 is 5.32 Å². The first-order valence-electron chi connectivity index (χ1n) is 7.68. The maximum atomic E-state index is 12.3. The van der Waals surface area contributed by atoms with Crippen molar-refractivity contribution in [3.05, 3.63) is 65.2 Å². The maximum Gasteiger partial charge on any atom is 0.137 e. The molecule has 1 atom stereocenters. The highest BCUT2D eigenvalue weighted by Crippen LogP contribution is 2.33. The van der Waals surface area contributed by atoms with E-state index in [0.717, 1.165) is 18.5 Å². The second-order valence-corrected chi connectivity index (χ2v) is 5.75. The van der Waals surface area contributed by atoms with Gasteiger partial charge in [-0.25, -0.2) is 0 Å². The van der Waals surface area contributed by atoms with Gasteiger partial charge in [0.05, 0.1) is 0 Å². The lowest BCUT2D eigenvalue weighted by atomic mass is 9.93. The van der Waals surface area contributed by atoms with Gasteiger partial charge in [-0.3, -0.25) is 4.79 Å². The van der Waals surface area contributed by atoms with Crippen LogP contribution in [0.25, 0.3) is 0 Å². The van der Waals surface area contributed by atoms with Gasteiger partial charge in [-0.15, -0.1) is 0 Å². The second-order valence-electron chi connectivity index (χ2n) is 5.75. The molecule has 1 unspecified atom stereocenters. The van der Waals surface area contributed by atoms with Crippen LogP contribution in [0.4, 0.5) is 5.69 Å². The maximum absolute atomic E-state index is 12.3. The zero-order valence-electron chi connectivity index (χ0n) is 12.4. The Bertz CT molecular complexity index is 630. The van der Waals surface area contributed by atoms with E-state index in [4.69, 9.17) is 0 Å². The van der Waals surface area contributed by atoms with E-state index in [-0.39, 0.29) is 0 Å². The topological polar surface area (TPSA) is 29.1 Å². The van der Waals surface area contributed by atoms with Gasteiger partial charge in [0, 0.05) is 31.0 Å². The number of Topliss-reactive ketones (excluding diaryl/α,β-unsaturated/α-hetero) is 1. The van der Waals surface area contributed by atoms with E-state index < -0.39 is 0 Å². The molecule has 1 aliphatic rings. The standard InChI is InChI=1S/C19H21NO/c1-2-14-7-9-15(10-8-14)11-17(21)12-16-13-20-19-6-4-3-5-18(16)19/h3-10,16,20H,2,11-13H2,1H3. The normalized spacial score (nSPS) is 16.3. The van der Waals surface area contributed by atoms with Gasteiger partial charge in [-0.2, -0.15) is 0 Å². The Kier molecular flexibility index (Phi) is 4.05. The van der Waals surface area contributed by atoms with Gasteiger partial charge in [0.25, 0.3) is 0 Å². The van der Waals surface area contributed by atoms with Crippen molar-refractivity contribution in [2.45, 2.75) is 32.1 Å². The van der Waals surface area contributed by atoms with Crippen molar-refractivity contribution in [3.63, 3.8) is 0 Å². The molecular weight excluding hydrogens is 258 g/mol. The summed E-state index contributed by atoms with van der Waals surface area (Å²) in [6, 6.07) is 16.7. The Balaban J connectivity index is 1.62. The first-order valence-corrected chi connectivity index (χ1v) is 7.68. The van der Waals surface area contributed by atoms with E-state index in [1.165, 1.54) is 16.8 Å². The molecule has 1 aliphatic heterocycles. The highest BCUT2D eigenvalue weighted by molar-refractivity contribution is 5.82. The minimum Gasteiger partial charge on any atom is -0.384 e. The quantitative estimate of drug-likeness (QED) is 0.897. The van der Waals surface area contributed by atoms with Gasteiger partial charge in [-0.1, -0.05) is 49.4 Å². The third kappa shape index (κ3) is 3.15. The fraction of sp³-hybridized carbons (Fsp3) is 0.316. The molecule has 108 valence electrons. The van der Waals surface area contributed by atoms with Crippen LogP contribution >= 0.6 is 0 Å². The molecule has 2 aromatic rings. The number of hydrogen-bond acceptors (Lipinski definition) is 2. The van der Waals surface area contributed by atoms with E-state index in [1.807, 2.05) is 12.1 Å². The van der Waals surface area contributed by atoms with E-state index >= 15 is 0 Å². The van der Waals surface area contributed by atoms with Crippen LogP contribution < -0.4 is 5.32 Å². The summed E-state index contributed by atoms with van der Waals surface area (Å²) in [4.78, 5) is 12.3. The molecule has 0 saturated heterocycles. The van der Waals surface area contributed by atoms with Crippen LogP contribution in [0.15, 0.2) is 48.5 Å². The Morgan fingerprint density at radius 2 is 1.81 bits per heavy atom. The van der Waals surface area contributed by atoms with Crippen molar-refractivity contribution in [2.24, 2.45) is 0 Å². The lowest BCUT2D eigenvalue weighted by Gasteiger charge is -2.09. The Morgan fingerprint density at radius 1 is 1.10 bits per heavy atom. The molecule has 0 saturated carbocycles. The summed E-state index contributed by atoms with van der Waals surface area (Å²) in [6.07, 6.45) is 2.21. The number of fused-ring (bicyclic) bond motifs is 1. The molecule has 2 aromatic carbocycles. The van der Waals surface area contributed by atoms with Crippen molar-refractivity contribution in [2.75, 3.05) is 11.9 Å². The van der Waals surface area contributed by atoms with Crippen LogP contribution in [0, 0.1) is 0 Å². The summed E-state index contributed by atoms with van der Waals surface area (Å²) in [6.45, 7) is 3.02. The molecule has 0 aromatic heterocycles. The van der Waals surface area contributed by atoms with Crippen molar-refractivity contribution in [1.29, 1.82) is 0 Å². The largest absolute Gasteiger partial charge is 0.384 e. The Morgan fingerprint density at radius 3 is 2.57 bits per heavy atom. The number of carbonyl (C=O) groups excluding carboxylic acids is 1. The predicted molar refractivity (Wildman–Crippen MR) is 86.8 cm³/mol. The highest BCUT2D eigenvalue weighted by Gasteiger charge is 2.23. The number of para-hydroxylation sites is 1. The number of hydrogen-bond donors (Lipinski definition) is 1. The van der Waals surface area contributed by atoms with Crippen molar-refractivity contribution in [3.8, 4) is 0 Å². The summed E-state index contributed by atoms with van der Waals surface area (Å²) in [5.74, 6) is 0.645. The summed E-state index contributed by atoms with van der Waals surface area (Å²) in [5, 5.41) is 3.38. The minimum absolute atomic E-state index is 0.322. The summed E-state index contributed by atoms with van der Waals surface area (Å²) in [5.41, 5.74) is 4.91. The van der Waals surface area contributed by atoms with E-state index in [2.05, 4.69) is 48.6 Å². The molecule has 0 amide bonds. The third-order valence-corrected chi connectivity index (χ3v) is 4.25. The van der Waals surface area contributed by atoms with Crippen LogP contribution in [0.3, 0.4) is 0 Å². The van der Waals surface area contributed by atoms with Gasteiger partial charge in [0.1, 0.15) is 5.78 Å². The van der Waals surface area contributed by atoms with E-state index in [9.17, 15) is 4.79 Å². The zero-order valence-corrected chi connectivity index (χ0v) is 12.4.